The normalized spacial score (nSPS) is 13.7. The molecule has 0 saturated heterocycles. The first-order valence-corrected chi connectivity index (χ1v) is 9.73. The van der Waals surface area contributed by atoms with Gasteiger partial charge in [0, 0.05) is 6.07 Å². The number of ether oxygens (including phenoxy) is 4. The highest BCUT2D eigenvalue weighted by molar-refractivity contribution is 6.14. The molecule has 0 aromatic heterocycles. The summed E-state index contributed by atoms with van der Waals surface area (Å²) in [6.07, 6.45) is 1.73. The molecule has 3 aromatic rings. The van der Waals surface area contributed by atoms with Crippen molar-refractivity contribution in [1.82, 2.24) is 0 Å². The molecule has 0 saturated carbocycles. The number of hydrogen-bond donors (Lipinski definition) is 0. The Balaban J connectivity index is 1.46. The molecule has 0 fully saturated rings. The van der Waals surface area contributed by atoms with Crippen LogP contribution in [0, 0.1) is 0 Å². The van der Waals surface area contributed by atoms with E-state index in [1.165, 1.54) is 0 Å². The van der Waals surface area contributed by atoms with E-state index in [2.05, 4.69) is 0 Å². The quantitative estimate of drug-likeness (QED) is 0.503. The van der Waals surface area contributed by atoms with Gasteiger partial charge in [-0.25, -0.2) is 0 Å². The number of allylic oxidation sites excluding steroid dienone is 1. The zero-order chi connectivity index (χ0) is 20.9. The molecule has 0 radical (unpaired) electrons. The van der Waals surface area contributed by atoms with Crippen molar-refractivity contribution in [3.05, 3.63) is 89.2 Å². The number of benzene rings is 3. The monoisotopic (exact) mass is 402 g/mol. The van der Waals surface area contributed by atoms with Crippen LogP contribution in [0.2, 0.25) is 0 Å². The van der Waals surface area contributed by atoms with Gasteiger partial charge in [0.25, 0.3) is 0 Å². The van der Waals surface area contributed by atoms with E-state index >= 15 is 0 Å². The fourth-order valence-electron chi connectivity index (χ4n) is 3.16. The maximum atomic E-state index is 12.7. The Morgan fingerprint density at radius 3 is 2.47 bits per heavy atom. The molecule has 0 unspecified atom stereocenters. The predicted molar refractivity (Wildman–Crippen MR) is 114 cm³/mol. The van der Waals surface area contributed by atoms with E-state index in [4.69, 9.17) is 18.9 Å². The van der Waals surface area contributed by atoms with Crippen LogP contribution in [0.1, 0.15) is 28.4 Å². The van der Waals surface area contributed by atoms with Crippen molar-refractivity contribution < 1.29 is 23.7 Å². The maximum absolute atomic E-state index is 12.7. The predicted octanol–water partition coefficient (Wildman–Crippen LogP) is 5.29. The van der Waals surface area contributed by atoms with Crippen molar-refractivity contribution in [2.24, 2.45) is 0 Å². The van der Waals surface area contributed by atoms with Crippen molar-refractivity contribution >= 4 is 11.9 Å². The lowest BCUT2D eigenvalue weighted by Gasteiger charge is -2.08. The Bertz CT molecular complexity index is 1080. The molecule has 0 atom stereocenters. The summed E-state index contributed by atoms with van der Waals surface area (Å²) < 4.78 is 22.3. The third-order valence-electron chi connectivity index (χ3n) is 4.67. The molecule has 0 amide bonds. The average Bonchev–Trinajstić information content (AvgIpc) is 3.08. The number of rotatable bonds is 7. The number of fused-ring (bicyclic) bond motifs is 1. The smallest absolute Gasteiger partial charge is 0.231 e. The largest absolute Gasteiger partial charge is 0.497 e. The lowest BCUT2D eigenvalue weighted by molar-refractivity contribution is 0.101. The van der Waals surface area contributed by atoms with Crippen LogP contribution in [-0.2, 0) is 6.61 Å². The summed E-state index contributed by atoms with van der Waals surface area (Å²) in [4.78, 5) is 12.7. The molecule has 0 N–H and O–H groups in total. The number of carbonyl (C=O) groups excluding carboxylic acids is 1. The number of ketones is 1. The van der Waals surface area contributed by atoms with Crippen LogP contribution < -0.4 is 18.9 Å². The second-order valence-corrected chi connectivity index (χ2v) is 6.74. The van der Waals surface area contributed by atoms with Crippen molar-refractivity contribution in [2.45, 2.75) is 13.5 Å². The Kier molecular flexibility index (Phi) is 5.70. The molecule has 0 spiro atoms. The van der Waals surface area contributed by atoms with Gasteiger partial charge in [-0.3, -0.25) is 4.79 Å². The summed E-state index contributed by atoms with van der Waals surface area (Å²) in [7, 11) is 1.63. The molecule has 1 aliphatic heterocycles. The Morgan fingerprint density at radius 2 is 1.70 bits per heavy atom. The summed E-state index contributed by atoms with van der Waals surface area (Å²) in [6, 6.07) is 20.5. The van der Waals surface area contributed by atoms with Crippen LogP contribution in [-0.4, -0.2) is 19.5 Å². The summed E-state index contributed by atoms with van der Waals surface area (Å²) in [5.41, 5.74) is 2.38. The lowest BCUT2D eigenvalue weighted by atomic mass is 10.1. The molecule has 0 bridgehead atoms. The summed E-state index contributed by atoms with van der Waals surface area (Å²) in [5.74, 6) is 2.85. The van der Waals surface area contributed by atoms with Crippen molar-refractivity contribution in [2.75, 3.05) is 13.7 Å². The van der Waals surface area contributed by atoms with Gasteiger partial charge >= 0.3 is 0 Å². The summed E-state index contributed by atoms with van der Waals surface area (Å²) >= 11 is 0. The molecular weight excluding hydrogens is 380 g/mol. The molecular formula is C25H22O5. The van der Waals surface area contributed by atoms with Gasteiger partial charge in [0.15, 0.2) is 5.76 Å². The molecule has 5 nitrogen and oxygen atoms in total. The number of methoxy groups -OCH3 is 1. The van der Waals surface area contributed by atoms with Crippen LogP contribution in [0.4, 0.5) is 0 Å². The Labute approximate surface area is 175 Å². The zero-order valence-electron chi connectivity index (χ0n) is 16.9. The Hall–Kier alpha value is -3.73. The van der Waals surface area contributed by atoms with Crippen molar-refractivity contribution in [3.8, 4) is 23.0 Å². The maximum Gasteiger partial charge on any atom is 0.231 e. The third-order valence-corrected chi connectivity index (χ3v) is 4.67. The highest BCUT2D eigenvalue weighted by Crippen LogP contribution is 2.35. The van der Waals surface area contributed by atoms with Gasteiger partial charge in [0.05, 0.1) is 19.3 Å². The molecule has 5 heteroatoms. The summed E-state index contributed by atoms with van der Waals surface area (Å²) in [6.45, 7) is 2.94. The molecule has 152 valence electrons. The van der Waals surface area contributed by atoms with Crippen molar-refractivity contribution in [1.29, 1.82) is 0 Å². The first-order chi connectivity index (χ1) is 14.7. The summed E-state index contributed by atoms with van der Waals surface area (Å²) in [5, 5.41) is 0. The molecule has 0 aliphatic carbocycles. The molecule has 4 rings (SSSR count). The Morgan fingerprint density at radius 1 is 0.900 bits per heavy atom. The first kappa shape index (κ1) is 19.6. The molecule has 3 aromatic carbocycles. The zero-order valence-corrected chi connectivity index (χ0v) is 16.9. The van der Waals surface area contributed by atoms with Crippen LogP contribution in [0.25, 0.3) is 6.08 Å². The minimum atomic E-state index is -0.141. The average molecular weight is 402 g/mol. The van der Waals surface area contributed by atoms with E-state index in [1.54, 1.807) is 31.4 Å². The van der Waals surface area contributed by atoms with Crippen LogP contribution in [0.5, 0.6) is 23.0 Å². The standard InChI is InChI=1S/C25H22O5/c1-3-28-19-9-7-17(8-10-19)14-24-25(26)22-12-11-21(15-23(22)30-24)29-16-18-5-4-6-20(13-18)27-2/h4-15H,3,16H2,1-2H3. The highest BCUT2D eigenvalue weighted by atomic mass is 16.5. The van der Waals surface area contributed by atoms with E-state index in [-0.39, 0.29) is 5.78 Å². The molecule has 1 aliphatic rings. The van der Waals surface area contributed by atoms with Gasteiger partial charge in [-0.05, 0) is 60.5 Å². The van der Waals surface area contributed by atoms with Gasteiger partial charge < -0.3 is 18.9 Å². The second kappa shape index (κ2) is 8.74. The van der Waals surface area contributed by atoms with Crippen LogP contribution in [0.3, 0.4) is 0 Å². The first-order valence-electron chi connectivity index (χ1n) is 9.73. The van der Waals surface area contributed by atoms with Crippen molar-refractivity contribution in [3.63, 3.8) is 0 Å². The van der Waals surface area contributed by atoms with E-state index in [9.17, 15) is 4.79 Å². The topological polar surface area (TPSA) is 54.0 Å². The molecule has 1 heterocycles. The van der Waals surface area contributed by atoms with E-state index in [0.717, 1.165) is 22.6 Å². The fraction of sp³-hybridized carbons (Fsp3) is 0.160. The van der Waals surface area contributed by atoms with Gasteiger partial charge in [-0.15, -0.1) is 0 Å². The second-order valence-electron chi connectivity index (χ2n) is 6.74. The number of Topliss-reactive ketones (excluding diaryl/α,β-unsaturated/α-hetero) is 1. The van der Waals surface area contributed by atoms with E-state index in [1.807, 2.05) is 55.5 Å². The van der Waals surface area contributed by atoms with Gasteiger partial charge in [-0.2, -0.15) is 0 Å². The number of carbonyl (C=O) groups is 1. The van der Waals surface area contributed by atoms with E-state index in [0.29, 0.717) is 36.0 Å². The van der Waals surface area contributed by atoms with Gasteiger partial charge in [0.2, 0.25) is 5.78 Å². The minimum absolute atomic E-state index is 0.141. The van der Waals surface area contributed by atoms with Crippen LogP contribution in [0.15, 0.2) is 72.5 Å². The number of hydrogen-bond acceptors (Lipinski definition) is 5. The van der Waals surface area contributed by atoms with Crippen LogP contribution >= 0.6 is 0 Å². The minimum Gasteiger partial charge on any atom is -0.497 e. The third kappa shape index (κ3) is 4.30. The van der Waals surface area contributed by atoms with Gasteiger partial charge in [0.1, 0.15) is 29.6 Å². The highest BCUT2D eigenvalue weighted by Gasteiger charge is 2.27. The SMILES string of the molecule is CCOc1ccc(C=C2Oc3cc(OCc4cccc(OC)c4)ccc3C2=O)cc1. The fourth-order valence-corrected chi connectivity index (χ4v) is 3.16. The lowest BCUT2D eigenvalue weighted by Crippen LogP contribution is -1.98. The van der Waals surface area contributed by atoms with E-state index < -0.39 is 0 Å². The van der Waals surface area contributed by atoms with Gasteiger partial charge in [-0.1, -0.05) is 24.3 Å². The molecule has 30 heavy (non-hydrogen) atoms.